The molecule has 1 aromatic carbocycles. The van der Waals surface area contributed by atoms with E-state index in [1.54, 1.807) is 11.8 Å². The topological polar surface area (TPSA) is 43.8 Å². The SMILES string of the molecule is Cc1nn(C)c(CC(N)CSc2ccccc2)c1Br. The molecule has 2 N–H and O–H groups in total. The van der Waals surface area contributed by atoms with Crippen molar-refractivity contribution in [1.82, 2.24) is 9.78 Å². The summed E-state index contributed by atoms with van der Waals surface area (Å²) in [6, 6.07) is 10.5. The lowest BCUT2D eigenvalue weighted by Crippen LogP contribution is -2.26. The Hall–Kier alpha value is -0.780. The lowest BCUT2D eigenvalue weighted by atomic mass is 10.2. The van der Waals surface area contributed by atoms with Crippen molar-refractivity contribution in [2.75, 3.05) is 5.75 Å². The molecule has 0 fully saturated rings. The Morgan fingerprint density at radius 1 is 1.37 bits per heavy atom. The number of nitrogens with zero attached hydrogens (tertiary/aromatic N) is 2. The Kier molecular flexibility index (Phi) is 5.07. The molecule has 0 aliphatic carbocycles. The lowest BCUT2D eigenvalue weighted by molar-refractivity contribution is 0.651. The first-order valence-corrected chi connectivity index (χ1v) is 7.97. The van der Waals surface area contributed by atoms with Gasteiger partial charge in [0.2, 0.25) is 0 Å². The van der Waals surface area contributed by atoms with Crippen LogP contribution in [0.4, 0.5) is 0 Å². The molecule has 19 heavy (non-hydrogen) atoms. The minimum Gasteiger partial charge on any atom is -0.327 e. The second kappa shape index (κ2) is 6.59. The molecule has 1 atom stereocenters. The third kappa shape index (κ3) is 3.84. The van der Waals surface area contributed by atoms with Gasteiger partial charge in [0.1, 0.15) is 0 Å². The van der Waals surface area contributed by atoms with Crippen molar-refractivity contribution in [3.63, 3.8) is 0 Å². The molecule has 0 amide bonds. The van der Waals surface area contributed by atoms with Gasteiger partial charge in [0.15, 0.2) is 0 Å². The van der Waals surface area contributed by atoms with Crippen LogP contribution in [0.1, 0.15) is 11.4 Å². The van der Waals surface area contributed by atoms with Gasteiger partial charge in [0.05, 0.1) is 15.9 Å². The molecule has 102 valence electrons. The van der Waals surface area contributed by atoms with Crippen LogP contribution in [0.2, 0.25) is 0 Å². The molecule has 0 bridgehead atoms. The van der Waals surface area contributed by atoms with Gasteiger partial charge in [-0.3, -0.25) is 4.68 Å². The maximum Gasteiger partial charge on any atom is 0.0738 e. The molecule has 0 radical (unpaired) electrons. The highest BCUT2D eigenvalue weighted by Crippen LogP contribution is 2.23. The van der Waals surface area contributed by atoms with E-state index in [1.165, 1.54) is 10.6 Å². The number of hydrogen-bond donors (Lipinski definition) is 1. The van der Waals surface area contributed by atoms with E-state index in [1.807, 2.05) is 24.7 Å². The molecular weight excluding hydrogens is 322 g/mol. The summed E-state index contributed by atoms with van der Waals surface area (Å²) in [5.74, 6) is 0.903. The van der Waals surface area contributed by atoms with Crippen molar-refractivity contribution in [2.45, 2.75) is 24.3 Å². The predicted octanol–water partition coefficient (Wildman–Crippen LogP) is 3.15. The first kappa shape index (κ1) is 14.6. The van der Waals surface area contributed by atoms with Crippen LogP contribution in [-0.4, -0.2) is 21.6 Å². The van der Waals surface area contributed by atoms with Gasteiger partial charge in [0.25, 0.3) is 0 Å². The monoisotopic (exact) mass is 339 g/mol. The summed E-state index contributed by atoms with van der Waals surface area (Å²) < 4.78 is 2.99. The smallest absolute Gasteiger partial charge is 0.0738 e. The first-order chi connectivity index (χ1) is 9.08. The number of aryl methyl sites for hydroxylation is 2. The van der Waals surface area contributed by atoms with Gasteiger partial charge < -0.3 is 5.73 Å². The first-order valence-electron chi connectivity index (χ1n) is 6.19. The van der Waals surface area contributed by atoms with E-state index in [2.05, 4.69) is 45.3 Å². The normalized spacial score (nSPS) is 12.6. The van der Waals surface area contributed by atoms with Gasteiger partial charge >= 0.3 is 0 Å². The van der Waals surface area contributed by atoms with E-state index >= 15 is 0 Å². The molecule has 0 saturated heterocycles. The molecular formula is C14H18BrN3S. The Morgan fingerprint density at radius 3 is 2.63 bits per heavy atom. The summed E-state index contributed by atoms with van der Waals surface area (Å²) in [4.78, 5) is 1.26. The third-order valence-corrected chi connectivity index (χ3v) is 5.16. The van der Waals surface area contributed by atoms with E-state index in [9.17, 15) is 0 Å². The lowest BCUT2D eigenvalue weighted by Gasteiger charge is -2.12. The molecule has 2 rings (SSSR count). The number of hydrogen-bond acceptors (Lipinski definition) is 3. The highest BCUT2D eigenvalue weighted by atomic mass is 79.9. The zero-order chi connectivity index (χ0) is 13.8. The van der Waals surface area contributed by atoms with Crippen molar-refractivity contribution >= 4 is 27.7 Å². The van der Waals surface area contributed by atoms with Crippen molar-refractivity contribution in [1.29, 1.82) is 0 Å². The average Bonchev–Trinajstić information content (AvgIpc) is 2.64. The van der Waals surface area contributed by atoms with Crippen LogP contribution >= 0.6 is 27.7 Å². The second-order valence-corrected chi connectivity index (χ2v) is 6.44. The van der Waals surface area contributed by atoms with Gasteiger partial charge in [-0.05, 0) is 35.0 Å². The zero-order valence-electron chi connectivity index (χ0n) is 11.1. The summed E-state index contributed by atoms with van der Waals surface area (Å²) in [7, 11) is 1.96. The number of halogens is 1. The summed E-state index contributed by atoms with van der Waals surface area (Å²) in [6.45, 7) is 2.00. The number of rotatable bonds is 5. The second-order valence-electron chi connectivity index (χ2n) is 4.56. The number of thioether (sulfide) groups is 1. The third-order valence-electron chi connectivity index (χ3n) is 2.92. The number of aromatic nitrogens is 2. The molecule has 1 heterocycles. The van der Waals surface area contributed by atoms with Crippen LogP contribution in [0.25, 0.3) is 0 Å². The Morgan fingerprint density at radius 2 is 2.05 bits per heavy atom. The number of benzene rings is 1. The Labute approximate surface area is 126 Å². The molecule has 1 unspecified atom stereocenters. The largest absolute Gasteiger partial charge is 0.327 e. The highest BCUT2D eigenvalue weighted by Gasteiger charge is 2.14. The Bertz CT molecular complexity index is 539. The van der Waals surface area contributed by atoms with E-state index in [4.69, 9.17) is 5.73 Å². The summed E-state index contributed by atoms with van der Waals surface area (Å²) in [5.41, 5.74) is 8.40. The fraction of sp³-hybridized carbons (Fsp3) is 0.357. The predicted molar refractivity (Wildman–Crippen MR) is 84.5 cm³/mol. The van der Waals surface area contributed by atoms with Gasteiger partial charge in [-0.25, -0.2) is 0 Å². The van der Waals surface area contributed by atoms with Gasteiger partial charge in [-0.15, -0.1) is 11.8 Å². The summed E-state index contributed by atoms with van der Waals surface area (Å²) in [5, 5.41) is 4.39. The van der Waals surface area contributed by atoms with Gasteiger partial charge in [-0.1, -0.05) is 18.2 Å². The molecule has 5 heteroatoms. The van der Waals surface area contributed by atoms with Crippen LogP contribution in [-0.2, 0) is 13.5 Å². The molecule has 0 aliphatic heterocycles. The average molecular weight is 340 g/mol. The molecule has 3 nitrogen and oxygen atoms in total. The van der Waals surface area contributed by atoms with Crippen LogP contribution < -0.4 is 5.73 Å². The minimum atomic E-state index is 0.122. The molecule has 0 saturated carbocycles. The minimum absolute atomic E-state index is 0.122. The van der Waals surface area contributed by atoms with Crippen LogP contribution in [0, 0.1) is 6.92 Å². The number of nitrogens with two attached hydrogens (primary N) is 1. The van der Waals surface area contributed by atoms with E-state index < -0.39 is 0 Å². The Balaban J connectivity index is 1.92. The summed E-state index contributed by atoms with van der Waals surface area (Å²) in [6.07, 6.45) is 0.831. The van der Waals surface area contributed by atoms with Crippen LogP contribution in [0.15, 0.2) is 39.7 Å². The maximum absolute atomic E-state index is 6.22. The molecule has 0 aliphatic rings. The maximum atomic E-state index is 6.22. The fourth-order valence-corrected chi connectivity index (χ4v) is 3.30. The van der Waals surface area contributed by atoms with Crippen molar-refractivity contribution < 1.29 is 0 Å². The van der Waals surface area contributed by atoms with Crippen molar-refractivity contribution in [2.24, 2.45) is 12.8 Å². The molecule has 1 aromatic heterocycles. The van der Waals surface area contributed by atoms with E-state index in [-0.39, 0.29) is 6.04 Å². The molecule has 0 spiro atoms. The zero-order valence-corrected chi connectivity index (χ0v) is 13.5. The summed E-state index contributed by atoms with van der Waals surface area (Å²) >= 11 is 5.38. The van der Waals surface area contributed by atoms with Crippen LogP contribution in [0.5, 0.6) is 0 Å². The molecule has 2 aromatic rings. The van der Waals surface area contributed by atoms with Gasteiger partial charge in [-0.2, -0.15) is 5.10 Å². The van der Waals surface area contributed by atoms with E-state index in [0.29, 0.717) is 0 Å². The quantitative estimate of drug-likeness (QED) is 0.851. The van der Waals surface area contributed by atoms with Crippen molar-refractivity contribution in [3.8, 4) is 0 Å². The van der Waals surface area contributed by atoms with Crippen molar-refractivity contribution in [3.05, 3.63) is 46.2 Å². The van der Waals surface area contributed by atoms with Gasteiger partial charge in [0, 0.05) is 30.2 Å². The van der Waals surface area contributed by atoms with E-state index in [0.717, 1.165) is 22.3 Å². The highest BCUT2D eigenvalue weighted by molar-refractivity contribution is 9.10. The standard InChI is InChI=1S/C14H18BrN3S/c1-10-14(15)13(18(2)17-10)8-11(16)9-19-12-6-4-3-5-7-12/h3-7,11H,8-9,16H2,1-2H3. The fourth-order valence-electron chi connectivity index (χ4n) is 1.93. The van der Waals surface area contributed by atoms with Crippen LogP contribution in [0.3, 0.4) is 0 Å².